The van der Waals surface area contributed by atoms with E-state index in [0.717, 1.165) is 45.6 Å². The van der Waals surface area contributed by atoms with Gasteiger partial charge in [-0.05, 0) is 39.9 Å². The molecule has 2 heterocycles. The van der Waals surface area contributed by atoms with Crippen molar-refractivity contribution in [1.82, 2.24) is 15.1 Å². The number of nitrogens with zero attached hydrogens (tertiary/aromatic N) is 2. The largest absolute Gasteiger partial charge is 0.384 e. The van der Waals surface area contributed by atoms with E-state index >= 15 is 0 Å². The third kappa shape index (κ3) is 3.09. The van der Waals surface area contributed by atoms with Crippen molar-refractivity contribution in [3.63, 3.8) is 0 Å². The first-order valence-electron chi connectivity index (χ1n) is 7.28. The Morgan fingerprint density at radius 1 is 1.37 bits per heavy atom. The number of amides is 1. The van der Waals surface area contributed by atoms with Crippen molar-refractivity contribution in [3.05, 3.63) is 0 Å². The lowest BCUT2D eigenvalue weighted by molar-refractivity contribution is -0.152. The van der Waals surface area contributed by atoms with Gasteiger partial charge in [0.2, 0.25) is 5.91 Å². The Morgan fingerprint density at radius 2 is 2.05 bits per heavy atom. The van der Waals surface area contributed by atoms with E-state index in [-0.39, 0.29) is 5.41 Å². The summed E-state index contributed by atoms with van der Waals surface area (Å²) in [7, 11) is 3.82. The number of hydrogen-bond donors (Lipinski definition) is 1. The van der Waals surface area contributed by atoms with E-state index in [1.807, 2.05) is 0 Å². The van der Waals surface area contributed by atoms with Crippen LogP contribution in [0, 0.1) is 5.41 Å². The Hall–Kier alpha value is -0.650. The normalized spacial score (nSPS) is 28.4. The quantitative estimate of drug-likeness (QED) is 0.793. The lowest BCUT2D eigenvalue weighted by Crippen LogP contribution is -2.59. The summed E-state index contributed by atoms with van der Waals surface area (Å²) < 4.78 is 5.37. The molecule has 110 valence electrons. The van der Waals surface area contributed by atoms with Gasteiger partial charge in [-0.15, -0.1) is 0 Å². The number of nitrogens with one attached hydrogen (secondary N) is 1. The van der Waals surface area contributed by atoms with E-state index in [4.69, 9.17) is 4.74 Å². The summed E-state index contributed by atoms with van der Waals surface area (Å²) in [5.74, 6) is 0.302. The van der Waals surface area contributed by atoms with E-state index in [1.165, 1.54) is 0 Å². The molecule has 0 aromatic carbocycles. The Labute approximate surface area is 116 Å². The molecule has 2 fully saturated rings. The topological polar surface area (TPSA) is 44.8 Å². The van der Waals surface area contributed by atoms with Crippen molar-refractivity contribution in [1.29, 1.82) is 0 Å². The number of hydrogen-bond acceptors (Lipinski definition) is 4. The summed E-state index contributed by atoms with van der Waals surface area (Å²) in [6.45, 7) is 7.30. The summed E-state index contributed by atoms with van der Waals surface area (Å²) >= 11 is 0. The maximum absolute atomic E-state index is 13.0. The fourth-order valence-electron chi connectivity index (χ4n) is 3.35. The van der Waals surface area contributed by atoms with E-state index in [2.05, 4.69) is 29.1 Å². The van der Waals surface area contributed by atoms with Crippen molar-refractivity contribution in [2.24, 2.45) is 5.41 Å². The van der Waals surface area contributed by atoms with Crippen LogP contribution in [-0.4, -0.2) is 75.2 Å². The molecule has 1 unspecified atom stereocenters. The van der Waals surface area contributed by atoms with E-state index < -0.39 is 0 Å². The van der Waals surface area contributed by atoms with Crippen LogP contribution in [0.2, 0.25) is 0 Å². The van der Waals surface area contributed by atoms with E-state index in [9.17, 15) is 4.79 Å². The van der Waals surface area contributed by atoms with Crippen LogP contribution in [0.15, 0.2) is 0 Å². The lowest BCUT2D eigenvalue weighted by Gasteiger charge is -2.45. The minimum absolute atomic E-state index is 0.301. The second kappa shape index (κ2) is 6.20. The molecule has 2 aliphatic rings. The van der Waals surface area contributed by atoms with E-state index in [1.54, 1.807) is 7.11 Å². The molecule has 5 heteroatoms. The van der Waals surface area contributed by atoms with Gasteiger partial charge in [0.15, 0.2) is 0 Å². The number of likely N-dealkylation sites (N-methyl/N-ethyl adjacent to an activating group) is 1. The van der Waals surface area contributed by atoms with Gasteiger partial charge in [0.05, 0.1) is 12.0 Å². The molecule has 0 radical (unpaired) electrons. The molecule has 5 nitrogen and oxygen atoms in total. The highest BCUT2D eigenvalue weighted by atomic mass is 16.5. The highest BCUT2D eigenvalue weighted by molar-refractivity contribution is 5.83. The number of methoxy groups -OCH3 is 1. The molecule has 1 amide bonds. The Kier molecular flexibility index (Phi) is 4.81. The average molecular weight is 269 g/mol. The van der Waals surface area contributed by atoms with Crippen molar-refractivity contribution in [2.45, 2.75) is 25.8 Å². The zero-order valence-electron chi connectivity index (χ0n) is 12.4. The average Bonchev–Trinajstić information content (AvgIpc) is 2.39. The molecule has 19 heavy (non-hydrogen) atoms. The van der Waals surface area contributed by atoms with Crippen molar-refractivity contribution >= 4 is 5.91 Å². The first-order chi connectivity index (χ1) is 9.09. The third-order valence-electron chi connectivity index (χ3n) is 4.53. The molecule has 0 spiro atoms. The van der Waals surface area contributed by atoms with Gasteiger partial charge >= 0.3 is 0 Å². The molecule has 2 saturated heterocycles. The Bertz CT molecular complexity index is 310. The SMILES string of the molecule is COCC1(C(=O)N2CCN(C)CC2C)CCNCC1. The van der Waals surface area contributed by atoms with E-state index in [0.29, 0.717) is 18.6 Å². The number of carbonyl (C=O) groups is 1. The Balaban J connectivity index is 2.10. The summed E-state index contributed by atoms with van der Waals surface area (Å²) in [5.41, 5.74) is -0.301. The van der Waals surface area contributed by atoms with Crippen LogP contribution in [0.5, 0.6) is 0 Å². The third-order valence-corrected chi connectivity index (χ3v) is 4.53. The standard InChI is InChI=1S/C14H27N3O2/c1-12-10-16(2)8-9-17(12)13(18)14(11-19-3)4-6-15-7-5-14/h12,15H,4-11H2,1-3H3. The van der Waals surface area contributed by atoms with Gasteiger partial charge in [0.1, 0.15) is 0 Å². The van der Waals surface area contributed by atoms with Gasteiger partial charge in [-0.1, -0.05) is 0 Å². The van der Waals surface area contributed by atoms with Crippen LogP contribution in [0.25, 0.3) is 0 Å². The highest BCUT2D eigenvalue weighted by Gasteiger charge is 2.44. The molecule has 0 aliphatic carbocycles. The van der Waals surface area contributed by atoms with Crippen molar-refractivity contribution in [3.8, 4) is 0 Å². The zero-order chi connectivity index (χ0) is 13.9. The molecule has 0 aromatic rings. The molecular formula is C14H27N3O2. The van der Waals surface area contributed by atoms with Crippen LogP contribution in [-0.2, 0) is 9.53 Å². The first kappa shape index (κ1) is 14.8. The second-order valence-corrected chi connectivity index (χ2v) is 6.07. The predicted octanol–water partition coefficient (Wildman–Crippen LogP) is 0.165. The molecule has 2 aliphatic heterocycles. The van der Waals surface area contributed by atoms with Gasteiger partial charge < -0.3 is 19.9 Å². The minimum atomic E-state index is -0.301. The van der Waals surface area contributed by atoms with Crippen LogP contribution >= 0.6 is 0 Å². The van der Waals surface area contributed by atoms with Crippen LogP contribution in [0.4, 0.5) is 0 Å². The van der Waals surface area contributed by atoms with Gasteiger partial charge in [-0.2, -0.15) is 0 Å². The van der Waals surface area contributed by atoms with Crippen molar-refractivity contribution in [2.75, 3.05) is 53.5 Å². The first-order valence-corrected chi connectivity index (χ1v) is 7.28. The summed E-state index contributed by atoms with van der Waals surface area (Å²) in [5, 5.41) is 3.34. The molecule has 2 rings (SSSR count). The van der Waals surface area contributed by atoms with Gasteiger partial charge in [0, 0.05) is 32.8 Å². The molecule has 1 N–H and O–H groups in total. The zero-order valence-corrected chi connectivity index (χ0v) is 12.4. The highest BCUT2D eigenvalue weighted by Crippen LogP contribution is 2.32. The van der Waals surface area contributed by atoms with Crippen LogP contribution < -0.4 is 5.32 Å². The molecule has 0 bridgehead atoms. The number of carbonyl (C=O) groups excluding carboxylic acids is 1. The number of ether oxygens (including phenoxy) is 1. The molecule has 1 atom stereocenters. The monoisotopic (exact) mass is 269 g/mol. The number of piperidine rings is 1. The number of rotatable bonds is 3. The Morgan fingerprint density at radius 3 is 2.63 bits per heavy atom. The van der Waals surface area contributed by atoms with Crippen LogP contribution in [0.1, 0.15) is 19.8 Å². The minimum Gasteiger partial charge on any atom is -0.384 e. The van der Waals surface area contributed by atoms with Gasteiger partial charge in [-0.25, -0.2) is 0 Å². The predicted molar refractivity (Wildman–Crippen MR) is 75.1 cm³/mol. The lowest BCUT2D eigenvalue weighted by atomic mass is 9.78. The maximum Gasteiger partial charge on any atom is 0.231 e. The van der Waals surface area contributed by atoms with Gasteiger partial charge in [0.25, 0.3) is 0 Å². The fraction of sp³-hybridized carbons (Fsp3) is 0.929. The summed E-state index contributed by atoms with van der Waals surface area (Å²) in [6.07, 6.45) is 1.78. The molecule has 0 saturated carbocycles. The fourth-order valence-corrected chi connectivity index (χ4v) is 3.35. The second-order valence-electron chi connectivity index (χ2n) is 6.07. The van der Waals surface area contributed by atoms with Gasteiger partial charge in [-0.3, -0.25) is 4.79 Å². The van der Waals surface area contributed by atoms with Crippen molar-refractivity contribution < 1.29 is 9.53 Å². The maximum atomic E-state index is 13.0. The smallest absolute Gasteiger partial charge is 0.231 e. The van der Waals surface area contributed by atoms with Crippen LogP contribution in [0.3, 0.4) is 0 Å². The number of piperazine rings is 1. The summed E-state index contributed by atoms with van der Waals surface area (Å²) in [4.78, 5) is 17.3. The summed E-state index contributed by atoms with van der Waals surface area (Å²) in [6, 6.07) is 0.301. The molecule has 0 aromatic heterocycles. The molecular weight excluding hydrogens is 242 g/mol.